The minimum atomic E-state index is -0.176. The Balaban J connectivity index is 2.30. The van der Waals surface area contributed by atoms with Crippen LogP contribution in [0, 0.1) is 5.92 Å². The van der Waals surface area contributed by atoms with Gasteiger partial charge in [0.1, 0.15) is 0 Å². The van der Waals surface area contributed by atoms with Gasteiger partial charge in [0.2, 0.25) is 5.91 Å². The molecule has 1 aliphatic carbocycles. The number of nitrogens with one attached hydrogen (secondary N) is 2. The largest absolute Gasteiger partial charge is 0.393 e. The number of hydrogen-bond donors (Lipinski definition) is 3. The van der Waals surface area contributed by atoms with Gasteiger partial charge >= 0.3 is 0 Å². The van der Waals surface area contributed by atoms with Crippen LogP contribution in [-0.2, 0) is 4.79 Å². The lowest BCUT2D eigenvalue weighted by molar-refractivity contribution is -0.124. The maximum Gasteiger partial charge on any atom is 0.237 e. The second-order valence-electron chi connectivity index (χ2n) is 6.54. The molecular formula is C15H30N2O2. The highest BCUT2D eigenvalue weighted by molar-refractivity contribution is 5.81. The molecule has 3 N–H and O–H groups in total. The van der Waals surface area contributed by atoms with E-state index in [1.54, 1.807) is 0 Å². The maximum atomic E-state index is 12.0. The molecule has 1 saturated carbocycles. The quantitative estimate of drug-likeness (QED) is 0.690. The number of carbonyl (C=O) groups excluding carboxylic acids is 1. The van der Waals surface area contributed by atoms with E-state index in [1.165, 1.54) is 0 Å². The van der Waals surface area contributed by atoms with Crippen molar-refractivity contribution in [3.05, 3.63) is 0 Å². The van der Waals surface area contributed by atoms with Gasteiger partial charge in [0.15, 0.2) is 0 Å². The number of amides is 1. The van der Waals surface area contributed by atoms with Gasteiger partial charge in [0, 0.05) is 5.54 Å². The predicted octanol–water partition coefficient (Wildman–Crippen LogP) is 1.82. The van der Waals surface area contributed by atoms with E-state index < -0.39 is 0 Å². The molecule has 4 heteroatoms. The van der Waals surface area contributed by atoms with E-state index in [-0.39, 0.29) is 23.6 Å². The highest BCUT2D eigenvalue weighted by Gasteiger charge is 2.24. The first-order valence-corrected chi connectivity index (χ1v) is 7.57. The van der Waals surface area contributed by atoms with Crippen molar-refractivity contribution >= 4 is 5.91 Å². The lowest BCUT2D eigenvalue weighted by Crippen LogP contribution is -2.51. The molecule has 3 atom stereocenters. The van der Waals surface area contributed by atoms with Gasteiger partial charge in [0.05, 0.1) is 12.1 Å². The third-order valence-corrected chi connectivity index (χ3v) is 4.21. The molecule has 4 nitrogen and oxygen atoms in total. The molecule has 3 unspecified atom stereocenters. The fourth-order valence-electron chi connectivity index (χ4n) is 2.41. The van der Waals surface area contributed by atoms with Gasteiger partial charge < -0.3 is 15.7 Å². The van der Waals surface area contributed by atoms with E-state index in [9.17, 15) is 9.90 Å². The van der Waals surface area contributed by atoms with Crippen LogP contribution in [0.2, 0.25) is 0 Å². The van der Waals surface area contributed by atoms with Crippen molar-refractivity contribution in [3.63, 3.8) is 0 Å². The second-order valence-corrected chi connectivity index (χ2v) is 6.54. The van der Waals surface area contributed by atoms with Crippen molar-refractivity contribution in [1.82, 2.24) is 10.6 Å². The summed E-state index contributed by atoms with van der Waals surface area (Å²) in [4.78, 5) is 12.0. The number of aliphatic hydroxyl groups excluding tert-OH is 1. The van der Waals surface area contributed by atoms with Crippen LogP contribution in [0.1, 0.15) is 59.8 Å². The van der Waals surface area contributed by atoms with E-state index in [2.05, 4.69) is 17.6 Å². The minimum absolute atomic E-state index is 0.0585. The average Bonchev–Trinajstić information content (AvgIpc) is 2.35. The third-order valence-electron chi connectivity index (χ3n) is 4.21. The maximum absolute atomic E-state index is 12.0. The molecule has 0 aliphatic heterocycles. The fourth-order valence-corrected chi connectivity index (χ4v) is 2.41. The first kappa shape index (κ1) is 16.4. The molecule has 1 aliphatic rings. The summed E-state index contributed by atoms with van der Waals surface area (Å²) in [5, 5.41) is 16.0. The molecule has 0 heterocycles. The molecule has 112 valence electrons. The number of rotatable bonds is 6. The summed E-state index contributed by atoms with van der Waals surface area (Å²) in [7, 11) is 0. The van der Waals surface area contributed by atoms with Crippen LogP contribution in [-0.4, -0.2) is 35.2 Å². The molecular weight excluding hydrogens is 240 g/mol. The summed E-state index contributed by atoms with van der Waals surface area (Å²) in [5.41, 5.74) is -0.145. The van der Waals surface area contributed by atoms with E-state index in [0.717, 1.165) is 38.6 Å². The number of carbonyl (C=O) groups is 1. The Hall–Kier alpha value is -0.610. The Morgan fingerprint density at radius 3 is 2.68 bits per heavy atom. The van der Waals surface area contributed by atoms with Crippen LogP contribution in [0.5, 0.6) is 0 Å². The van der Waals surface area contributed by atoms with E-state index in [1.807, 2.05) is 20.8 Å². The second kappa shape index (κ2) is 7.25. The zero-order valence-corrected chi connectivity index (χ0v) is 12.8. The zero-order chi connectivity index (χ0) is 14.5. The Morgan fingerprint density at radius 2 is 2.11 bits per heavy atom. The molecule has 1 fully saturated rings. The van der Waals surface area contributed by atoms with Crippen molar-refractivity contribution in [2.75, 3.05) is 6.54 Å². The standard InChI is InChI=1S/C15H30N2O2/c1-5-15(3,4)17-14(19)11(2)16-10-12-7-6-8-13(18)9-12/h11-13,16,18H,5-10H2,1-4H3,(H,17,19). The number of hydrogen-bond acceptors (Lipinski definition) is 3. The molecule has 0 aromatic rings. The Kier molecular flexibility index (Phi) is 6.27. The highest BCUT2D eigenvalue weighted by atomic mass is 16.3. The summed E-state index contributed by atoms with van der Waals surface area (Å²) >= 11 is 0. The third kappa shape index (κ3) is 5.91. The molecule has 1 rings (SSSR count). The summed E-state index contributed by atoms with van der Waals surface area (Å²) < 4.78 is 0. The smallest absolute Gasteiger partial charge is 0.237 e. The van der Waals surface area contributed by atoms with Crippen molar-refractivity contribution < 1.29 is 9.90 Å². The molecule has 0 spiro atoms. The summed E-state index contributed by atoms with van der Waals surface area (Å²) in [6.45, 7) is 8.87. The average molecular weight is 270 g/mol. The minimum Gasteiger partial charge on any atom is -0.393 e. The SMILES string of the molecule is CCC(C)(C)NC(=O)C(C)NCC1CCCC(O)C1. The van der Waals surface area contributed by atoms with E-state index in [4.69, 9.17) is 0 Å². The molecule has 0 aromatic heterocycles. The van der Waals surface area contributed by atoms with Gasteiger partial charge in [-0.1, -0.05) is 13.3 Å². The topological polar surface area (TPSA) is 61.4 Å². The predicted molar refractivity (Wildman–Crippen MR) is 77.9 cm³/mol. The monoisotopic (exact) mass is 270 g/mol. The highest BCUT2D eigenvalue weighted by Crippen LogP contribution is 2.23. The lowest BCUT2D eigenvalue weighted by Gasteiger charge is -2.29. The Labute approximate surface area is 117 Å². The van der Waals surface area contributed by atoms with Crippen molar-refractivity contribution in [2.24, 2.45) is 5.92 Å². The van der Waals surface area contributed by atoms with Gasteiger partial charge in [-0.25, -0.2) is 0 Å². The Morgan fingerprint density at radius 1 is 1.42 bits per heavy atom. The van der Waals surface area contributed by atoms with Crippen molar-refractivity contribution in [2.45, 2.75) is 77.5 Å². The van der Waals surface area contributed by atoms with Gasteiger partial charge in [-0.2, -0.15) is 0 Å². The molecule has 0 radical (unpaired) electrons. The van der Waals surface area contributed by atoms with Gasteiger partial charge in [-0.15, -0.1) is 0 Å². The fraction of sp³-hybridized carbons (Fsp3) is 0.933. The zero-order valence-electron chi connectivity index (χ0n) is 12.8. The lowest BCUT2D eigenvalue weighted by atomic mass is 9.87. The van der Waals surface area contributed by atoms with Crippen LogP contribution in [0.3, 0.4) is 0 Å². The Bertz CT molecular complexity index is 292. The summed E-state index contributed by atoms with van der Waals surface area (Å²) in [6.07, 6.45) is 4.80. The van der Waals surface area contributed by atoms with Crippen LogP contribution >= 0.6 is 0 Å². The molecule has 0 saturated heterocycles. The van der Waals surface area contributed by atoms with Crippen molar-refractivity contribution in [3.8, 4) is 0 Å². The molecule has 1 amide bonds. The van der Waals surface area contributed by atoms with Gasteiger partial charge in [-0.3, -0.25) is 4.79 Å². The van der Waals surface area contributed by atoms with E-state index >= 15 is 0 Å². The summed E-state index contributed by atoms with van der Waals surface area (Å²) in [5.74, 6) is 0.557. The first-order chi connectivity index (χ1) is 8.84. The molecule has 0 aromatic carbocycles. The first-order valence-electron chi connectivity index (χ1n) is 7.57. The van der Waals surface area contributed by atoms with Crippen LogP contribution in [0.4, 0.5) is 0 Å². The summed E-state index contributed by atoms with van der Waals surface area (Å²) in [6, 6.07) is -0.176. The number of aliphatic hydroxyl groups is 1. The van der Waals surface area contributed by atoms with Crippen LogP contribution < -0.4 is 10.6 Å². The van der Waals surface area contributed by atoms with E-state index in [0.29, 0.717) is 5.92 Å². The van der Waals surface area contributed by atoms with Crippen LogP contribution in [0.25, 0.3) is 0 Å². The molecule has 0 bridgehead atoms. The van der Waals surface area contributed by atoms with Gasteiger partial charge in [-0.05, 0) is 58.9 Å². The normalized spacial score (nSPS) is 25.9. The van der Waals surface area contributed by atoms with Crippen molar-refractivity contribution in [1.29, 1.82) is 0 Å². The molecule has 19 heavy (non-hydrogen) atoms. The van der Waals surface area contributed by atoms with Gasteiger partial charge in [0.25, 0.3) is 0 Å². The van der Waals surface area contributed by atoms with Crippen LogP contribution in [0.15, 0.2) is 0 Å².